The summed E-state index contributed by atoms with van der Waals surface area (Å²) < 4.78 is 11.1. The molecule has 2 aromatic carbocycles. The predicted octanol–water partition coefficient (Wildman–Crippen LogP) is 3.45. The Morgan fingerprint density at radius 3 is 2.52 bits per heavy atom. The molecule has 0 aliphatic carbocycles. The minimum atomic E-state index is -0.0394. The largest absolute Gasteiger partial charge is 0.494 e. The van der Waals surface area contributed by atoms with Crippen molar-refractivity contribution in [3.63, 3.8) is 0 Å². The van der Waals surface area contributed by atoms with Gasteiger partial charge in [-0.05, 0) is 37.1 Å². The first-order chi connectivity index (χ1) is 16.0. The Kier molecular flexibility index (Phi) is 5.89. The molecule has 2 aliphatic heterocycles. The maximum absolute atomic E-state index is 13.0. The smallest absolute Gasteiger partial charge is 0.231 e. The van der Waals surface area contributed by atoms with Crippen molar-refractivity contribution in [1.29, 1.82) is 0 Å². The molecule has 0 radical (unpaired) electrons. The summed E-state index contributed by atoms with van der Waals surface area (Å²) in [4.78, 5) is 22.0. The molecule has 1 unspecified atom stereocenters. The summed E-state index contributed by atoms with van der Waals surface area (Å²) in [6.45, 7) is 8.55. The van der Waals surface area contributed by atoms with Crippen LogP contribution in [-0.2, 0) is 17.8 Å². The van der Waals surface area contributed by atoms with E-state index in [1.54, 1.807) is 0 Å². The second kappa shape index (κ2) is 8.98. The van der Waals surface area contributed by atoms with E-state index in [1.165, 1.54) is 5.56 Å². The van der Waals surface area contributed by atoms with Gasteiger partial charge in [0, 0.05) is 38.1 Å². The highest BCUT2D eigenvalue weighted by Crippen LogP contribution is 2.49. The van der Waals surface area contributed by atoms with Crippen molar-refractivity contribution < 1.29 is 14.1 Å². The topological polar surface area (TPSA) is 71.7 Å². The van der Waals surface area contributed by atoms with Gasteiger partial charge in [-0.15, -0.1) is 0 Å². The van der Waals surface area contributed by atoms with E-state index in [4.69, 9.17) is 9.26 Å². The fourth-order valence-electron chi connectivity index (χ4n) is 5.20. The summed E-state index contributed by atoms with van der Waals surface area (Å²) in [5.41, 5.74) is 2.26. The SMILES string of the molecule is CCOc1ccc(CC(=O)N2CC3(CN(Cc4ccccc4)CC3c3nc(C)no3)C2)cc1. The number of benzene rings is 2. The van der Waals surface area contributed by atoms with E-state index < -0.39 is 0 Å². The highest BCUT2D eigenvalue weighted by Gasteiger charge is 2.57. The number of carbonyl (C=O) groups excluding carboxylic acids is 1. The zero-order valence-corrected chi connectivity index (χ0v) is 19.2. The molecule has 0 bridgehead atoms. The number of amides is 1. The van der Waals surface area contributed by atoms with E-state index in [0.717, 1.165) is 44.0 Å². The van der Waals surface area contributed by atoms with Crippen molar-refractivity contribution in [3.05, 3.63) is 77.4 Å². The van der Waals surface area contributed by atoms with Gasteiger partial charge in [0.2, 0.25) is 11.8 Å². The molecule has 2 fully saturated rings. The Hall–Kier alpha value is -3.19. The van der Waals surface area contributed by atoms with Crippen molar-refractivity contribution >= 4 is 5.91 Å². The highest BCUT2D eigenvalue weighted by atomic mass is 16.5. The van der Waals surface area contributed by atoms with E-state index in [1.807, 2.05) is 49.1 Å². The van der Waals surface area contributed by atoms with Crippen molar-refractivity contribution in [2.24, 2.45) is 5.41 Å². The molecule has 1 aromatic heterocycles. The van der Waals surface area contributed by atoms with Gasteiger partial charge in [-0.25, -0.2) is 0 Å². The molecule has 5 rings (SSSR count). The first kappa shape index (κ1) is 21.6. The van der Waals surface area contributed by atoms with Crippen LogP contribution in [0.2, 0.25) is 0 Å². The van der Waals surface area contributed by atoms with Crippen molar-refractivity contribution in [2.45, 2.75) is 32.7 Å². The molecule has 172 valence electrons. The van der Waals surface area contributed by atoms with Crippen molar-refractivity contribution in [2.75, 3.05) is 32.8 Å². The number of nitrogens with zero attached hydrogens (tertiary/aromatic N) is 4. The van der Waals surface area contributed by atoms with Crippen molar-refractivity contribution in [1.82, 2.24) is 19.9 Å². The van der Waals surface area contributed by atoms with Crippen LogP contribution in [0.4, 0.5) is 0 Å². The molecule has 1 spiro atoms. The zero-order chi connectivity index (χ0) is 22.8. The second-order valence-electron chi connectivity index (χ2n) is 9.25. The van der Waals surface area contributed by atoms with Crippen LogP contribution in [0.25, 0.3) is 0 Å². The number of aryl methyl sites for hydroxylation is 1. The van der Waals surface area contributed by atoms with E-state index in [9.17, 15) is 4.79 Å². The molecule has 3 heterocycles. The standard InChI is InChI=1S/C26H30N4O3/c1-3-32-22-11-9-20(10-12-22)13-24(31)30-17-26(18-30)16-29(14-21-7-5-4-6-8-21)15-23(26)25-27-19(2)28-33-25/h4-12,23H,3,13-18H2,1-2H3. The van der Waals surface area contributed by atoms with Gasteiger partial charge in [0.15, 0.2) is 5.82 Å². The summed E-state index contributed by atoms with van der Waals surface area (Å²) in [5.74, 6) is 2.48. The quantitative estimate of drug-likeness (QED) is 0.554. The molecular formula is C26H30N4O3. The van der Waals surface area contributed by atoms with Gasteiger partial charge in [0.05, 0.1) is 18.9 Å². The van der Waals surface area contributed by atoms with Crippen LogP contribution >= 0.6 is 0 Å². The van der Waals surface area contributed by atoms with Crippen molar-refractivity contribution in [3.8, 4) is 5.75 Å². The van der Waals surface area contributed by atoms with Crippen LogP contribution < -0.4 is 4.74 Å². The highest BCUT2D eigenvalue weighted by molar-refractivity contribution is 5.80. The van der Waals surface area contributed by atoms with Gasteiger partial charge >= 0.3 is 0 Å². The lowest BCUT2D eigenvalue weighted by atomic mass is 9.71. The number of hydrogen-bond acceptors (Lipinski definition) is 6. The Labute approximate surface area is 194 Å². The predicted molar refractivity (Wildman–Crippen MR) is 124 cm³/mol. The Bertz CT molecular complexity index is 1090. The fourth-order valence-corrected chi connectivity index (χ4v) is 5.20. The lowest BCUT2D eigenvalue weighted by Gasteiger charge is -2.50. The molecule has 2 saturated heterocycles. The Morgan fingerprint density at radius 2 is 1.85 bits per heavy atom. The number of likely N-dealkylation sites (tertiary alicyclic amines) is 2. The lowest BCUT2D eigenvalue weighted by Crippen LogP contribution is -2.61. The molecule has 2 aliphatic rings. The number of aromatic nitrogens is 2. The maximum atomic E-state index is 13.0. The average molecular weight is 447 g/mol. The molecule has 7 nitrogen and oxygen atoms in total. The number of hydrogen-bond donors (Lipinski definition) is 0. The van der Waals surface area contributed by atoms with Crippen LogP contribution in [0.5, 0.6) is 5.75 Å². The van der Waals surface area contributed by atoms with Crippen LogP contribution in [0.1, 0.15) is 35.7 Å². The van der Waals surface area contributed by atoms with Crippen LogP contribution in [0.15, 0.2) is 59.1 Å². The minimum absolute atomic E-state index is 0.0394. The van der Waals surface area contributed by atoms with Gasteiger partial charge in [0.25, 0.3) is 0 Å². The van der Waals surface area contributed by atoms with E-state index in [0.29, 0.717) is 24.7 Å². The van der Waals surface area contributed by atoms with Gasteiger partial charge in [-0.1, -0.05) is 47.6 Å². The minimum Gasteiger partial charge on any atom is -0.494 e. The van der Waals surface area contributed by atoms with E-state index >= 15 is 0 Å². The summed E-state index contributed by atoms with van der Waals surface area (Å²) in [6, 6.07) is 18.3. The molecular weight excluding hydrogens is 416 g/mol. The van der Waals surface area contributed by atoms with Gasteiger partial charge in [0.1, 0.15) is 5.75 Å². The van der Waals surface area contributed by atoms with Crippen LogP contribution in [0, 0.1) is 12.3 Å². The molecule has 3 aromatic rings. The number of carbonyl (C=O) groups is 1. The van der Waals surface area contributed by atoms with Crippen LogP contribution in [-0.4, -0.2) is 58.6 Å². The fraction of sp³-hybridized carbons (Fsp3) is 0.423. The average Bonchev–Trinajstić information content (AvgIpc) is 3.38. The first-order valence-corrected chi connectivity index (χ1v) is 11.6. The third-order valence-electron chi connectivity index (χ3n) is 6.76. The van der Waals surface area contributed by atoms with Gasteiger partial charge in [-0.2, -0.15) is 4.98 Å². The molecule has 33 heavy (non-hydrogen) atoms. The lowest BCUT2D eigenvalue weighted by molar-refractivity contribution is -0.143. The van der Waals surface area contributed by atoms with Crippen LogP contribution in [0.3, 0.4) is 0 Å². The third-order valence-corrected chi connectivity index (χ3v) is 6.76. The molecule has 1 amide bonds. The summed E-state index contributed by atoms with van der Waals surface area (Å²) in [7, 11) is 0. The molecule has 1 atom stereocenters. The zero-order valence-electron chi connectivity index (χ0n) is 19.2. The van der Waals surface area contributed by atoms with Gasteiger partial charge in [-0.3, -0.25) is 9.69 Å². The monoisotopic (exact) mass is 446 g/mol. The molecule has 0 N–H and O–H groups in total. The number of ether oxygens (including phenoxy) is 1. The van der Waals surface area contributed by atoms with E-state index in [2.05, 4.69) is 39.3 Å². The Morgan fingerprint density at radius 1 is 1.09 bits per heavy atom. The van der Waals surface area contributed by atoms with Gasteiger partial charge < -0.3 is 14.2 Å². The summed E-state index contributed by atoms with van der Waals surface area (Å²) in [5, 5.41) is 4.03. The summed E-state index contributed by atoms with van der Waals surface area (Å²) in [6.07, 6.45) is 0.403. The Balaban J connectivity index is 1.26. The van der Waals surface area contributed by atoms with E-state index in [-0.39, 0.29) is 17.2 Å². The first-order valence-electron chi connectivity index (χ1n) is 11.6. The normalized spacial score (nSPS) is 19.6. The number of rotatable bonds is 7. The third kappa shape index (κ3) is 4.50. The molecule has 0 saturated carbocycles. The second-order valence-corrected chi connectivity index (χ2v) is 9.25. The molecule has 7 heteroatoms. The summed E-state index contributed by atoms with van der Waals surface area (Å²) >= 11 is 0. The maximum Gasteiger partial charge on any atom is 0.231 e.